The van der Waals surface area contributed by atoms with E-state index < -0.39 is 35.3 Å². The summed E-state index contributed by atoms with van der Waals surface area (Å²) in [5, 5.41) is 30.3. The van der Waals surface area contributed by atoms with E-state index in [1.807, 2.05) is 5.32 Å². The van der Waals surface area contributed by atoms with Gasteiger partial charge in [-0.05, 0) is 17.7 Å². The molecule has 0 saturated carbocycles. The molecule has 1 aromatic carbocycles. The number of pyridine rings is 1. The lowest BCUT2D eigenvalue weighted by Crippen LogP contribution is -2.37. The van der Waals surface area contributed by atoms with Gasteiger partial charge < -0.3 is 25.5 Å². The van der Waals surface area contributed by atoms with E-state index in [9.17, 15) is 24.6 Å². The van der Waals surface area contributed by atoms with Gasteiger partial charge in [-0.2, -0.15) is 0 Å². The molecule has 0 bridgehead atoms. The summed E-state index contributed by atoms with van der Waals surface area (Å²) in [7, 11) is 0. The molecule has 0 aliphatic heterocycles. The average Bonchev–Trinajstić information content (AvgIpc) is 2.59. The van der Waals surface area contributed by atoms with Crippen LogP contribution in [0.3, 0.4) is 0 Å². The van der Waals surface area contributed by atoms with Crippen LogP contribution in [0, 0.1) is 0 Å². The van der Waals surface area contributed by atoms with Crippen molar-refractivity contribution in [3.8, 4) is 5.75 Å². The number of nitrogens with zero attached hydrogens (tertiary/aromatic N) is 1. The molecule has 1 amide bonds. The second kappa shape index (κ2) is 7.49. The molecule has 0 fully saturated rings. The Balaban J connectivity index is 2.71. The molecule has 9 heteroatoms. The number of carboxylic acids is 1. The number of aliphatic hydroxyl groups is 1. The van der Waals surface area contributed by atoms with Crippen molar-refractivity contribution in [3.05, 3.63) is 52.3 Å². The molecule has 9 nitrogen and oxygen atoms in total. The number of carboxylic acid groups (broad SMARTS) is 1. The number of fused-ring (bicyclic) bond motifs is 1. The van der Waals surface area contributed by atoms with Crippen molar-refractivity contribution in [1.82, 2.24) is 10.0 Å². The Morgan fingerprint density at radius 3 is 2.68 bits per heavy atom. The molecule has 0 unspecified atom stereocenters. The maximum Gasteiger partial charge on any atom is 0.322 e. The fourth-order valence-corrected chi connectivity index (χ4v) is 2.20. The monoisotopic (exact) mass is 348 g/mol. The molecule has 0 saturated heterocycles. The van der Waals surface area contributed by atoms with Crippen LogP contribution in [0.1, 0.15) is 15.9 Å². The molecule has 0 aliphatic rings. The van der Waals surface area contributed by atoms with Gasteiger partial charge in [-0.1, -0.05) is 18.7 Å². The standard InChI is InChI=1S/C16H16N2O7/c1-2-5-25-18-11-4-3-9(8-19)6-10(11)14(22)13(16(18)24)15(23)17-7-12(20)21/h2-4,6,19,22H,1,5,7-8H2,(H,17,23)(H,20,21). The van der Waals surface area contributed by atoms with E-state index in [-0.39, 0.29) is 24.1 Å². The fraction of sp³-hybridized carbons (Fsp3) is 0.188. The van der Waals surface area contributed by atoms with E-state index in [4.69, 9.17) is 9.94 Å². The summed E-state index contributed by atoms with van der Waals surface area (Å²) in [4.78, 5) is 40.5. The number of rotatable bonds is 7. The van der Waals surface area contributed by atoms with Crippen LogP contribution < -0.4 is 15.7 Å². The summed E-state index contributed by atoms with van der Waals surface area (Å²) in [6, 6.07) is 4.37. The molecule has 2 rings (SSSR count). The Labute approximate surface area is 141 Å². The Hall–Kier alpha value is -3.33. The summed E-state index contributed by atoms with van der Waals surface area (Å²) in [6.07, 6.45) is 1.39. The van der Waals surface area contributed by atoms with Gasteiger partial charge in [-0.25, -0.2) is 0 Å². The first-order chi connectivity index (χ1) is 11.9. The second-order valence-electron chi connectivity index (χ2n) is 4.99. The van der Waals surface area contributed by atoms with Gasteiger partial charge >= 0.3 is 5.97 Å². The summed E-state index contributed by atoms with van der Waals surface area (Å²) in [6.45, 7) is 2.39. The van der Waals surface area contributed by atoms with Crippen molar-refractivity contribution in [3.63, 3.8) is 0 Å². The van der Waals surface area contributed by atoms with E-state index in [0.717, 1.165) is 4.73 Å². The largest absolute Gasteiger partial charge is 0.506 e. The van der Waals surface area contributed by atoms with E-state index in [2.05, 4.69) is 6.58 Å². The molecule has 0 spiro atoms. The molecule has 25 heavy (non-hydrogen) atoms. The molecular weight excluding hydrogens is 332 g/mol. The van der Waals surface area contributed by atoms with Gasteiger partial charge in [-0.15, -0.1) is 4.73 Å². The average molecular weight is 348 g/mol. The first-order valence-corrected chi connectivity index (χ1v) is 7.16. The molecule has 0 atom stereocenters. The highest BCUT2D eigenvalue weighted by Crippen LogP contribution is 2.27. The molecule has 1 aromatic heterocycles. The Kier molecular flexibility index (Phi) is 5.40. The minimum atomic E-state index is -1.31. The van der Waals surface area contributed by atoms with Gasteiger partial charge in [-0.3, -0.25) is 14.4 Å². The number of hydrogen-bond donors (Lipinski definition) is 4. The molecule has 132 valence electrons. The number of aromatic nitrogens is 1. The summed E-state index contributed by atoms with van der Waals surface area (Å²) in [5.74, 6) is -2.99. The van der Waals surface area contributed by atoms with Crippen LogP contribution in [0.5, 0.6) is 5.75 Å². The van der Waals surface area contributed by atoms with Crippen molar-refractivity contribution >= 4 is 22.8 Å². The third kappa shape index (κ3) is 3.61. The minimum absolute atomic E-state index is 0.0439. The van der Waals surface area contributed by atoms with Crippen molar-refractivity contribution in [2.45, 2.75) is 6.61 Å². The van der Waals surface area contributed by atoms with E-state index in [1.165, 1.54) is 24.3 Å². The molecule has 1 heterocycles. The highest BCUT2D eigenvalue weighted by Gasteiger charge is 2.23. The first-order valence-electron chi connectivity index (χ1n) is 7.16. The molecule has 4 N–H and O–H groups in total. The van der Waals surface area contributed by atoms with Crippen LogP contribution in [-0.4, -0.2) is 45.1 Å². The fourth-order valence-electron chi connectivity index (χ4n) is 2.20. The Morgan fingerprint density at radius 2 is 2.08 bits per heavy atom. The van der Waals surface area contributed by atoms with Gasteiger partial charge in [0, 0.05) is 5.39 Å². The summed E-state index contributed by atoms with van der Waals surface area (Å²) >= 11 is 0. The third-order valence-electron chi connectivity index (χ3n) is 3.30. The molecule has 2 aromatic rings. The Bertz CT molecular complexity index is 901. The second-order valence-corrected chi connectivity index (χ2v) is 4.99. The van der Waals surface area contributed by atoms with Crippen molar-refractivity contribution in [2.24, 2.45) is 0 Å². The van der Waals surface area contributed by atoms with Crippen molar-refractivity contribution < 1.29 is 29.7 Å². The maximum atomic E-state index is 12.5. The van der Waals surface area contributed by atoms with E-state index in [0.29, 0.717) is 5.56 Å². The number of carbonyl (C=O) groups excluding carboxylic acids is 1. The van der Waals surface area contributed by atoms with Crippen LogP contribution >= 0.6 is 0 Å². The first kappa shape index (κ1) is 18.0. The zero-order valence-electron chi connectivity index (χ0n) is 13.1. The van der Waals surface area contributed by atoms with Gasteiger partial charge in [0.1, 0.15) is 18.9 Å². The SMILES string of the molecule is C=CCOn1c(=O)c(C(=O)NCC(=O)O)c(O)c2cc(CO)ccc21. The van der Waals surface area contributed by atoms with Crippen LogP contribution in [0.2, 0.25) is 0 Å². The van der Waals surface area contributed by atoms with Gasteiger partial charge in [0.05, 0.1) is 12.1 Å². The number of carbonyl (C=O) groups is 2. The third-order valence-corrected chi connectivity index (χ3v) is 3.30. The van der Waals surface area contributed by atoms with Crippen LogP contribution in [0.15, 0.2) is 35.6 Å². The number of aromatic hydroxyl groups is 1. The van der Waals surface area contributed by atoms with Gasteiger partial charge in [0.2, 0.25) is 0 Å². The molecule has 0 radical (unpaired) electrons. The van der Waals surface area contributed by atoms with Crippen molar-refractivity contribution in [1.29, 1.82) is 0 Å². The van der Waals surface area contributed by atoms with E-state index in [1.54, 1.807) is 0 Å². The number of benzene rings is 1. The normalized spacial score (nSPS) is 10.4. The predicted octanol–water partition coefficient (Wildman–Crippen LogP) is -0.372. The Morgan fingerprint density at radius 1 is 1.36 bits per heavy atom. The summed E-state index contributed by atoms with van der Waals surface area (Å²) in [5.41, 5.74) is -0.996. The topological polar surface area (TPSA) is 138 Å². The van der Waals surface area contributed by atoms with Gasteiger partial charge in [0.25, 0.3) is 11.5 Å². The molecular formula is C16H16N2O7. The lowest BCUT2D eigenvalue weighted by Gasteiger charge is -2.15. The highest BCUT2D eigenvalue weighted by atomic mass is 16.7. The zero-order chi connectivity index (χ0) is 18.6. The maximum absolute atomic E-state index is 12.5. The quantitative estimate of drug-likeness (QED) is 0.501. The zero-order valence-corrected chi connectivity index (χ0v) is 13.1. The minimum Gasteiger partial charge on any atom is -0.506 e. The van der Waals surface area contributed by atoms with Crippen LogP contribution in [0.25, 0.3) is 10.9 Å². The predicted molar refractivity (Wildman–Crippen MR) is 87.4 cm³/mol. The number of amides is 1. The van der Waals surface area contributed by atoms with Crippen LogP contribution in [0.4, 0.5) is 0 Å². The lowest BCUT2D eigenvalue weighted by atomic mass is 10.1. The highest BCUT2D eigenvalue weighted by molar-refractivity contribution is 6.03. The van der Waals surface area contributed by atoms with Crippen molar-refractivity contribution in [2.75, 3.05) is 13.2 Å². The number of hydrogen-bond acceptors (Lipinski definition) is 6. The number of aliphatic hydroxyl groups excluding tert-OH is 1. The number of nitrogens with one attached hydrogen (secondary N) is 1. The van der Waals surface area contributed by atoms with Gasteiger partial charge in [0.15, 0.2) is 5.56 Å². The van der Waals surface area contributed by atoms with Crippen LogP contribution in [-0.2, 0) is 11.4 Å². The number of aliphatic carboxylic acids is 1. The van der Waals surface area contributed by atoms with E-state index >= 15 is 0 Å². The summed E-state index contributed by atoms with van der Waals surface area (Å²) < 4.78 is 0.813. The smallest absolute Gasteiger partial charge is 0.322 e. The molecule has 0 aliphatic carbocycles. The lowest BCUT2D eigenvalue weighted by molar-refractivity contribution is -0.135.